The third-order valence-corrected chi connectivity index (χ3v) is 3.61. The lowest BCUT2D eigenvalue weighted by molar-refractivity contribution is 0.102. The zero-order chi connectivity index (χ0) is 14.7. The summed E-state index contributed by atoms with van der Waals surface area (Å²) in [7, 11) is 1.53. The predicted molar refractivity (Wildman–Crippen MR) is 79.8 cm³/mol. The number of halogens is 2. The van der Waals surface area contributed by atoms with E-state index in [1.807, 2.05) is 13.0 Å². The Bertz CT molecular complexity index is 658. The quantitative estimate of drug-likeness (QED) is 0.913. The molecule has 0 fully saturated rings. The number of amides is 1. The second kappa shape index (κ2) is 6.05. The van der Waals surface area contributed by atoms with Gasteiger partial charge in [-0.1, -0.05) is 12.1 Å². The average molecular weight is 338 g/mol. The monoisotopic (exact) mass is 337 g/mol. The summed E-state index contributed by atoms with van der Waals surface area (Å²) < 4.78 is 18.8. The molecule has 2 aromatic rings. The number of carbonyl (C=O) groups is 1. The van der Waals surface area contributed by atoms with Crippen molar-refractivity contribution < 1.29 is 13.9 Å². The Morgan fingerprint density at radius 3 is 2.75 bits per heavy atom. The molecular formula is C15H13BrFNO2. The van der Waals surface area contributed by atoms with Crippen molar-refractivity contribution in [2.24, 2.45) is 0 Å². The Hall–Kier alpha value is -1.88. The molecule has 0 saturated carbocycles. The number of aryl methyl sites for hydroxylation is 1. The molecule has 1 amide bonds. The van der Waals surface area contributed by atoms with E-state index < -0.39 is 11.7 Å². The predicted octanol–water partition coefficient (Wildman–Crippen LogP) is 4.16. The van der Waals surface area contributed by atoms with Crippen LogP contribution in [0.1, 0.15) is 15.9 Å². The maximum absolute atomic E-state index is 13.4. The number of nitrogens with one attached hydrogen (secondary N) is 1. The first kappa shape index (κ1) is 14.5. The van der Waals surface area contributed by atoms with Crippen LogP contribution in [0.5, 0.6) is 5.75 Å². The van der Waals surface area contributed by atoms with Crippen molar-refractivity contribution in [2.45, 2.75) is 6.92 Å². The smallest absolute Gasteiger partial charge is 0.257 e. The van der Waals surface area contributed by atoms with Crippen molar-refractivity contribution in [3.8, 4) is 5.75 Å². The van der Waals surface area contributed by atoms with Gasteiger partial charge in [-0.05, 0) is 52.7 Å². The summed E-state index contributed by atoms with van der Waals surface area (Å²) in [4.78, 5) is 12.2. The van der Waals surface area contributed by atoms with E-state index in [9.17, 15) is 9.18 Å². The van der Waals surface area contributed by atoms with Crippen molar-refractivity contribution in [2.75, 3.05) is 12.4 Å². The highest BCUT2D eigenvalue weighted by atomic mass is 79.9. The van der Waals surface area contributed by atoms with Gasteiger partial charge >= 0.3 is 0 Å². The van der Waals surface area contributed by atoms with Crippen molar-refractivity contribution in [3.63, 3.8) is 0 Å². The number of hydrogen-bond acceptors (Lipinski definition) is 2. The van der Waals surface area contributed by atoms with Crippen LogP contribution < -0.4 is 10.1 Å². The summed E-state index contributed by atoms with van der Waals surface area (Å²) in [6.45, 7) is 1.91. The van der Waals surface area contributed by atoms with Gasteiger partial charge in [-0.25, -0.2) is 4.39 Å². The molecule has 104 valence electrons. The lowest BCUT2D eigenvalue weighted by Crippen LogP contribution is -2.14. The molecule has 3 nitrogen and oxygen atoms in total. The summed E-state index contributed by atoms with van der Waals surface area (Å²) in [6.07, 6.45) is 0. The highest BCUT2D eigenvalue weighted by Crippen LogP contribution is 2.27. The first-order chi connectivity index (χ1) is 9.52. The van der Waals surface area contributed by atoms with Crippen LogP contribution in [0.15, 0.2) is 40.9 Å². The molecule has 0 aromatic heterocycles. The molecule has 20 heavy (non-hydrogen) atoms. The number of methoxy groups -OCH3 is 1. The molecule has 0 aliphatic rings. The highest BCUT2D eigenvalue weighted by Gasteiger charge is 2.15. The van der Waals surface area contributed by atoms with Gasteiger partial charge in [0.1, 0.15) is 11.6 Å². The topological polar surface area (TPSA) is 38.3 Å². The van der Waals surface area contributed by atoms with E-state index in [1.165, 1.54) is 19.2 Å². The van der Waals surface area contributed by atoms with Crippen molar-refractivity contribution in [1.29, 1.82) is 0 Å². The van der Waals surface area contributed by atoms with Gasteiger partial charge in [0.2, 0.25) is 0 Å². The highest BCUT2D eigenvalue weighted by molar-refractivity contribution is 9.10. The molecule has 5 heteroatoms. The van der Waals surface area contributed by atoms with Crippen LogP contribution in [-0.4, -0.2) is 13.0 Å². The molecule has 0 heterocycles. The SMILES string of the molecule is COc1ccc(C)cc1NC(=O)c1cccc(F)c1Br. The second-order valence-electron chi connectivity index (χ2n) is 4.26. The number of carbonyl (C=O) groups excluding carboxylic acids is 1. The molecule has 0 bridgehead atoms. The third kappa shape index (κ3) is 2.99. The van der Waals surface area contributed by atoms with Gasteiger partial charge < -0.3 is 10.1 Å². The van der Waals surface area contributed by atoms with E-state index in [0.29, 0.717) is 11.4 Å². The normalized spacial score (nSPS) is 10.2. The van der Waals surface area contributed by atoms with Crippen LogP contribution in [0.2, 0.25) is 0 Å². The van der Waals surface area contributed by atoms with Gasteiger partial charge in [0.25, 0.3) is 5.91 Å². The zero-order valence-electron chi connectivity index (χ0n) is 11.0. The summed E-state index contributed by atoms with van der Waals surface area (Å²) in [5.74, 6) is -0.328. The van der Waals surface area contributed by atoms with Gasteiger partial charge in [0.15, 0.2) is 0 Å². The average Bonchev–Trinajstić information content (AvgIpc) is 2.42. The largest absolute Gasteiger partial charge is 0.495 e. The van der Waals surface area contributed by atoms with Gasteiger partial charge in [-0.15, -0.1) is 0 Å². The summed E-state index contributed by atoms with van der Waals surface area (Å²) in [5, 5.41) is 2.73. The number of hydrogen-bond donors (Lipinski definition) is 1. The summed E-state index contributed by atoms with van der Waals surface area (Å²) in [6, 6.07) is 9.77. The fraction of sp³-hybridized carbons (Fsp3) is 0.133. The minimum Gasteiger partial charge on any atom is -0.495 e. The molecule has 1 N–H and O–H groups in total. The van der Waals surface area contributed by atoms with Crippen LogP contribution >= 0.6 is 15.9 Å². The molecule has 0 aliphatic heterocycles. The number of ether oxygens (including phenoxy) is 1. The van der Waals surface area contributed by atoms with Gasteiger partial charge in [0.05, 0.1) is 22.8 Å². The minimum atomic E-state index is -0.478. The van der Waals surface area contributed by atoms with Crippen LogP contribution in [0, 0.1) is 12.7 Å². The first-order valence-corrected chi connectivity index (χ1v) is 6.72. The molecule has 2 rings (SSSR count). The van der Waals surface area contributed by atoms with Crippen LogP contribution in [0.3, 0.4) is 0 Å². The van der Waals surface area contributed by atoms with Gasteiger partial charge in [-0.2, -0.15) is 0 Å². The Morgan fingerprint density at radius 2 is 2.05 bits per heavy atom. The van der Waals surface area contributed by atoms with Crippen LogP contribution in [0.25, 0.3) is 0 Å². The fourth-order valence-corrected chi connectivity index (χ4v) is 2.23. The summed E-state index contributed by atoms with van der Waals surface area (Å²) >= 11 is 3.08. The molecular weight excluding hydrogens is 325 g/mol. The van der Waals surface area contributed by atoms with Gasteiger partial charge in [-0.3, -0.25) is 4.79 Å². The molecule has 2 aromatic carbocycles. The van der Waals surface area contributed by atoms with Crippen LogP contribution in [-0.2, 0) is 0 Å². The van der Waals surface area contributed by atoms with E-state index in [-0.39, 0.29) is 10.0 Å². The molecule has 0 saturated heterocycles. The van der Waals surface area contributed by atoms with Gasteiger partial charge in [0, 0.05) is 0 Å². The molecule has 0 radical (unpaired) electrons. The van der Waals surface area contributed by atoms with E-state index in [1.54, 1.807) is 18.2 Å². The zero-order valence-corrected chi connectivity index (χ0v) is 12.6. The van der Waals surface area contributed by atoms with E-state index in [4.69, 9.17) is 4.74 Å². The molecule has 0 atom stereocenters. The van der Waals surface area contributed by atoms with Crippen molar-refractivity contribution in [3.05, 3.63) is 57.8 Å². The van der Waals surface area contributed by atoms with Crippen molar-refractivity contribution in [1.82, 2.24) is 0 Å². The molecule has 0 spiro atoms. The maximum atomic E-state index is 13.4. The Kier molecular flexibility index (Phi) is 4.39. The maximum Gasteiger partial charge on any atom is 0.257 e. The fourth-order valence-electron chi connectivity index (χ4n) is 1.79. The Balaban J connectivity index is 2.32. The van der Waals surface area contributed by atoms with E-state index >= 15 is 0 Å². The van der Waals surface area contributed by atoms with E-state index in [2.05, 4.69) is 21.2 Å². The Morgan fingerprint density at radius 1 is 1.30 bits per heavy atom. The summed E-state index contributed by atoms with van der Waals surface area (Å²) in [5.41, 5.74) is 1.77. The third-order valence-electron chi connectivity index (χ3n) is 2.80. The van der Waals surface area contributed by atoms with Crippen molar-refractivity contribution >= 4 is 27.5 Å². The number of anilines is 1. The lowest BCUT2D eigenvalue weighted by atomic mass is 10.1. The first-order valence-electron chi connectivity index (χ1n) is 5.93. The Labute approximate surface area is 124 Å². The minimum absolute atomic E-state index is 0.143. The second-order valence-corrected chi connectivity index (χ2v) is 5.05. The molecule has 0 aliphatic carbocycles. The molecule has 0 unspecified atom stereocenters. The lowest BCUT2D eigenvalue weighted by Gasteiger charge is -2.12. The number of rotatable bonds is 3. The van der Waals surface area contributed by atoms with Crippen LogP contribution in [0.4, 0.5) is 10.1 Å². The standard InChI is InChI=1S/C15H13BrFNO2/c1-9-6-7-13(20-2)12(8-9)18-15(19)10-4-3-5-11(17)14(10)16/h3-8H,1-2H3,(H,18,19). The number of benzene rings is 2. The van der Waals surface area contributed by atoms with E-state index in [0.717, 1.165) is 5.56 Å².